The van der Waals surface area contributed by atoms with Crippen molar-refractivity contribution in [2.75, 3.05) is 26.1 Å². The maximum Gasteiger partial charge on any atom is 0.133 e. The summed E-state index contributed by atoms with van der Waals surface area (Å²) in [6.45, 7) is 0.877. The van der Waals surface area contributed by atoms with Gasteiger partial charge in [-0.1, -0.05) is 6.07 Å². The average molecular weight is 367 g/mol. The summed E-state index contributed by atoms with van der Waals surface area (Å²) >= 11 is 0. The Labute approximate surface area is 157 Å². The molecule has 2 heterocycles. The molecule has 0 saturated carbocycles. The van der Waals surface area contributed by atoms with Crippen LogP contribution in [0.25, 0.3) is 16.9 Å². The summed E-state index contributed by atoms with van der Waals surface area (Å²) in [5, 5.41) is 8.39. The average Bonchev–Trinajstić information content (AvgIpc) is 2.88. The van der Waals surface area contributed by atoms with Crippen molar-refractivity contribution in [1.82, 2.24) is 9.78 Å². The Morgan fingerprint density at radius 2 is 1.70 bits per heavy atom. The fraction of sp³-hybridized carbons (Fsp3) is 0.286. The van der Waals surface area contributed by atoms with E-state index in [1.807, 2.05) is 22.9 Å². The molecular formula is C21H22FN3O2. The third kappa shape index (κ3) is 3.12. The molecule has 0 fully saturated rings. The first kappa shape index (κ1) is 17.4. The second-order valence-corrected chi connectivity index (χ2v) is 6.49. The maximum absolute atomic E-state index is 13.4. The van der Waals surface area contributed by atoms with Gasteiger partial charge in [-0.15, -0.1) is 0 Å². The zero-order valence-corrected chi connectivity index (χ0v) is 15.5. The molecule has 1 aromatic heterocycles. The van der Waals surface area contributed by atoms with Crippen LogP contribution >= 0.6 is 0 Å². The quantitative estimate of drug-likeness (QED) is 0.740. The van der Waals surface area contributed by atoms with Crippen LogP contribution in [0, 0.1) is 5.82 Å². The van der Waals surface area contributed by atoms with Crippen LogP contribution < -0.4 is 14.8 Å². The SMILES string of the molecule is COc1cccc(OC)c1-c1nn(-c2ccc(F)cc2)c2c1CCCCN2. The van der Waals surface area contributed by atoms with Gasteiger partial charge in [-0.2, -0.15) is 5.10 Å². The first-order valence-electron chi connectivity index (χ1n) is 9.06. The van der Waals surface area contributed by atoms with Gasteiger partial charge in [-0.3, -0.25) is 0 Å². The van der Waals surface area contributed by atoms with Crippen LogP contribution in [0.3, 0.4) is 0 Å². The van der Waals surface area contributed by atoms with E-state index in [1.165, 1.54) is 12.1 Å². The van der Waals surface area contributed by atoms with Crippen molar-refractivity contribution in [3.63, 3.8) is 0 Å². The molecule has 0 amide bonds. The molecule has 0 aliphatic carbocycles. The summed E-state index contributed by atoms with van der Waals surface area (Å²) in [5.41, 5.74) is 3.60. The Hall–Kier alpha value is -3.02. The summed E-state index contributed by atoms with van der Waals surface area (Å²) in [6.07, 6.45) is 3.06. The highest BCUT2D eigenvalue weighted by Crippen LogP contribution is 2.42. The fourth-order valence-corrected chi connectivity index (χ4v) is 3.56. The molecule has 0 unspecified atom stereocenters. The van der Waals surface area contributed by atoms with Gasteiger partial charge in [-0.05, 0) is 55.7 Å². The van der Waals surface area contributed by atoms with Crippen LogP contribution in [0.15, 0.2) is 42.5 Å². The van der Waals surface area contributed by atoms with Crippen LogP contribution in [0.4, 0.5) is 10.2 Å². The smallest absolute Gasteiger partial charge is 0.133 e. The number of benzene rings is 2. The van der Waals surface area contributed by atoms with E-state index in [2.05, 4.69) is 5.32 Å². The van der Waals surface area contributed by atoms with Crippen molar-refractivity contribution in [2.45, 2.75) is 19.3 Å². The Balaban J connectivity index is 1.96. The van der Waals surface area contributed by atoms with Crippen molar-refractivity contribution in [2.24, 2.45) is 0 Å². The lowest BCUT2D eigenvalue weighted by Gasteiger charge is -2.12. The van der Waals surface area contributed by atoms with Crippen molar-refractivity contribution in [3.8, 4) is 28.4 Å². The molecule has 140 valence electrons. The third-order valence-corrected chi connectivity index (χ3v) is 4.87. The number of methoxy groups -OCH3 is 2. The molecule has 1 N–H and O–H groups in total. The van der Waals surface area contributed by atoms with Gasteiger partial charge >= 0.3 is 0 Å². The largest absolute Gasteiger partial charge is 0.496 e. The van der Waals surface area contributed by atoms with Gasteiger partial charge in [-0.25, -0.2) is 9.07 Å². The number of aromatic nitrogens is 2. The van der Waals surface area contributed by atoms with Crippen molar-refractivity contribution < 1.29 is 13.9 Å². The third-order valence-electron chi connectivity index (χ3n) is 4.87. The van der Waals surface area contributed by atoms with Gasteiger partial charge in [0.05, 0.1) is 25.5 Å². The number of halogens is 1. The van der Waals surface area contributed by atoms with E-state index < -0.39 is 0 Å². The number of nitrogens with one attached hydrogen (secondary N) is 1. The Kier molecular flexibility index (Phi) is 4.71. The van der Waals surface area contributed by atoms with Gasteiger partial charge in [0.15, 0.2) is 0 Å². The lowest BCUT2D eigenvalue weighted by Crippen LogP contribution is -2.07. The molecule has 0 atom stereocenters. The second-order valence-electron chi connectivity index (χ2n) is 6.49. The highest BCUT2D eigenvalue weighted by molar-refractivity contribution is 5.80. The first-order chi connectivity index (χ1) is 13.2. The van der Waals surface area contributed by atoms with Crippen LogP contribution in [-0.2, 0) is 6.42 Å². The fourth-order valence-electron chi connectivity index (χ4n) is 3.56. The summed E-state index contributed by atoms with van der Waals surface area (Å²) in [6, 6.07) is 12.1. The minimum absolute atomic E-state index is 0.267. The lowest BCUT2D eigenvalue weighted by molar-refractivity contribution is 0.397. The van der Waals surface area contributed by atoms with Gasteiger partial charge in [0, 0.05) is 12.1 Å². The molecule has 0 bridgehead atoms. The van der Waals surface area contributed by atoms with Gasteiger partial charge in [0.2, 0.25) is 0 Å². The van der Waals surface area contributed by atoms with E-state index in [-0.39, 0.29) is 5.82 Å². The van der Waals surface area contributed by atoms with E-state index in [9.17, 15) is 4.39 Å². The number of hydrogen-bond donors (Lipinski definition) is 1. The number of nitrogens with zero attached hydrogens (tertiary/aromatic N) is 2. The standard InChI is InChI=1S/C21H22FN3O2/c1-26-17-7-5-8-18(27-2)19(17)20-16-6-3-4-13-23-21(16)25(24-20)15-11-9-14(22)10-12-15/h5,7-12,23H,3-4,6,13H2,1-2H3. The zero-order chi connectivity index (χ0) is 18.8. The summed E-state index contributed by atoms with van der Waals surface area (Å²) < 4.78 is 26.4. The highest BCUT2D eigenvalue weighted by atomic mass is 19.1. The highest BCUT2D eigenvalue weighted by Gasteiger charge is 2.25. The molecular weight excluding hydrogens is 345 g/mol. The van der Waals surface area contributed by atoms with Crippen LogP contribution in [0.1, 0.15) is 18.4 Å². The van der Waals surface area contributed by atoms with Gasteiger partial charge < -0.3 is 14.8 Å². The lowest BCUT2D eigenvalue weighted by atomic mass is 10.0. The predicted molar refractivity (Wildman–Crippen MR) is 103 cm³/mol. The molecule has 5 nitrogen and oxygen atoms in total. The topological polar surface area (TPSA) is 48.3 Å². The maximum atomic E-state index is 13.4. The van der Waals surface area contributed by atoms with Gasteiger partial charge in [0.25, 0.3) is 0 Å². The predicted octanol–water partition coefficient (Wildman–Crippen LogP) is 4.44. The Bertz CT molecular complexity index is 929. The Morgan fingerprint density at radius 3 is 2.37 bits per heavy atom. The number of anilines is 1. The van der Waals surface area contributed by atoms with Crippen molar-refractivity contribution in [3.05, 3.63) is 53.8 Å². The number of ether oxygens (including phenoxy) is 2. The zero-order valence-electron chi connectivity index (χ0n) is 15.5. The molecule has 0 saturated heterocycles. The summed E-state index contributed by atoms with van der Waals surface area (Å²) in [7, 11) is 3.29. The molecule has 1 aliphatic heterocycles. The number of hydrogen-bond acceptors (Lipinski definition) is 4. The molecule has 0 spiro atoms. The minimum Gasteiger partial charge on any atom is -0.496 e. The van der Waals surface area contributed by atoms with E-state index in [1.54, 1.807) is 26.4 Å². The number of fused-ring (bicyclic) bond motifs is 1. The normalized spacial score (nSPS) is 13.4. The monoisotopic (exact) mass is 367 g/mol. The Morgan fingerprint density at radius 1 is 1.00 bits per heavy atom. The molecule has 4 rings (SSSR count). The van der Waals surface area contributed by atoms with E-state index in [0.717, 1.165) is 54.1 Å². The molecule has 2 aromatic carbocycles. The van der Waals surface area contributed by atoms with Crippen molar-refractivity contribution >= 4 is 5.82 Å². The molecule has 1 aliphatic rings. The second kappa shape index (κ2) is 7.31. The van der Waals surface area contributed by atoms with E-state index in [4.69, 9.17) is 14.6 Å². The molecule has 6 heteroatoms. The molecule has 27 heavy (non-hydrogen) atoms. The van der Waals surface area contributed by atoms with Crippen LogP contribution in [0.5, 0.6) is 11.5 Å². The summed E-state index contributed by atoms with van der Waals surface area (Å²) in [5.74, 6) is 2.11. The summed E-state index contributed by atoms with van der Waals surface area (Å²) in [4.78, 5) is 0. The minimum atomic E-state index is -0.267. The number of rotatable bonds is 4. The van der Waals surface area contributed by atoms with E-state index in [0.29, 0.717) is 11.5 Å². The molecule has 0 radical (unpaired) electrons. The van der Waals surface area contributed by atoms with Crippen LogP contribution in [-0.4, -0.2) is 30.5 Å². The molecule has 3 aromatic rings. The van der Waals surface area contributed by atoms with Gasteiger partial charge in [0.1, 0.15) is 28.8 Å². The van der Waals surface area contributed by atoms with Crippen molar-refractivity contribution in [1.29, 1.82) is 0 Å². The van der Waals surface area contributed by atoms with E-state index >= 15 is 0 Å². The first-order valence-corrected chi connectivity index (χ1v) is 9.06. The van der Waals surface area contributed by atoms with Crippen LogP contribution in [0.2, 0.25) is 0 Å².